The molecule has 3 aromatic rings. The van der Waals surface area contributed by atoms with Gasteiger partial charge in [0.15, 0.2) is 0 Å². The molecule has 2 nitrogen and oxygen atoms in total. The van der Waals surface area contributed by atoms with Crippen molar-refractivity contribution in [3.63, 3.8) is 0 Å². The first kappa shape index (κ1) is 12.9. The van der Waals surface area contributed by atoms with E-state index >= 15 is 0 Å². The first-order valence-electron chi connectivity index (χ1n) is 5.90. The summed E-state index contributed by atoms with van der Waals surface area (Å²) in [5.74, 6) is -0.942. The van der Waals surface area contributed by atoms with E-state index < -0.39 is 11.6 Å². The van der Waals surface area contributed by atoms with Crippen LogP contribution in [0.25, 0.3) is 10.8 Å². The molecule has 0 atom stereocenters. The third-order valence-corrected chi connectivity index (χ3v) is 4.04. The lowest BCUT2D eigenvalue weighted by atomic mass is 10.1. The first-order chi connectivity index (χ1) is 9.65. The Kier molecular flexibility index (Phi) is 3.28. The highest BCUT2D eigenvalue weighted by molar-refractivity contribution is 7.99. The Balaban J connectivity index is 2.07. The van der Waals surface area contributed by atoms with Gasteiger partial charge in [-0.15, -0.1) is 0 Å². The summed E-state index contributed by atoms with van der Waals surface area (Å²) >= 11 is 1.11. The molecule has 0 saturated heterocycles. The summed E-state index contributed by atoms with van der Waals surface area (Å²) in [4.78, 5) is 4.92. The van der Waals surface area contributed by atoms with Crippen molar-refractivity contribution in [2.75, 3.05) is 5.73 Å². The Morgan fingerprint density at radius 3 is 2.70 bits per heavy atom. The molecular formula is C15H10F2N2S. The van der Waals surface area contributed by atoms with E-state index in [9.17, 15) is 8.78 Å². The summed E-state index contributed by atoms with van der Waals surface area (Å²) in [6, 6.07) is 8.81. The van der Waals surface area contributed by atoms with Crippen molar-refractivity contribution in [2.24, 2.45) is 0 Å². The summed E-state index contributed by atoms with van der Waals surface area (Å²) in [7, 11) is 0. The second-order valence-corrected chi connectivity index (χ2v) is 5.33. The van der Waals surface area contributed by atoms with E-state index in [2.05, 4.69) is 4.98 Å². The van der Waals surface area contributed by atoms with Crippen molar-refractivity contribution in [3.05, 3.63) is 60.4 Å². The van der Waals surface area contributed by atoms with Crippen LogP contribution in [-0.2, 0) is 0 Å². The average molecular weight is 288 g/mol. The molecule has 0 aliphatic carbocycles. The maximum Gasteiger partial charge on any atom is 0.137 e. The van der Waals surface area contributed by atoms with Crippen molar-refractivity contribution in [1.82, 2.24) is 4.98 Å². The molecule has 2 N–H and O–H groups in total. The number of pyridine rings is 1. The molecule has 2 aromatic carbocycles. The molecule has 5 heteroatoms. The van der Waals surface area contributed by atoms with Crippen molar-refractivity contribution in [2.45, 2.75) is 9.79 Å². The second kappa shape index (κ2) is 5.09. The zero-order chi connectivity index (χ0) is 14.1. The fraction of sp³-hybridized carbons (Fsp3) is 0. The number of nitrogens with two attached hydrogens (primary N) is 1. The number of hydrogen-bond acceptors (Lipinski definition) is 3. The molecule has 0 saturated carbocycles. The Morgan fingerprint density at radius 1 is 1.00 bits per heavy atom. The molecule has 0 aliphatic rings. The molecule has 100 valence electrons. The lowest BCUT2D eigenvalue weighted by Crippen LogP contribution is -1.92. The van der Waals surface area contributed by atoms with E-state index in [1.807, 2.05) is 6.07 Å². The minimum absolute atomic E-state index is 0.213. The van der Waals surface area contributed by atoms with E-state index in [1.165, 1.54) is 0 Å². The first-order valence-corrected chi connectivity index (χ1v) is 6.72. The van der Waals surface area contributed by atoms with Crippen molar-refractivity contribution < 1.29 is 8.78 Å². The van der Waals surface area contributed by atoms with Gasteiger partial charge in [0.05, 0.1) is 10.6 Å². The van der Waals surface area contributed by atoms with Gasteiger partial charge >= 0.3 is 0 Å². The number of halogens is 2. The fourth-order valence-electron chi connectivity index (χ4n) is 1.94. The Bertz CT molecular complexity index is 790. The number of aromatic nitrogens is 1. The predicted molar refractivity (Wildman–Crippen MR) is 76.6 cm³/mol. The number of hydrogen-bond donors (Lipinski definition) is 1. The summed E-state index contributed by atoms with van der Waals surface area (Å²) in [6.07, 6.45) is 3.36. The van der Waals surface area contributed by atoms with Gasteiger partial charge in [-0.3, -0.25) is 4.98 Å². The number of benzene rings is 2. The van der Waals surface area contributed by atoms with Crippen molar-refractivity contribution in [3.8, 4) is 0 Å². The normalized spacial score (nSPS) is 10.9. The molecule has 0 aliphatic heterocycles. The summed E-state index contributed by atoms with van der Waals surface area (Å²) in [6.45, 7) is 0. The van der Waals surface area contributed by atoms with Crippen LogP contribution in [0.4, 0.5) is 14.5 Å². The maximum absolute atomic E-state index is 13.7. The fourth-order valence-corrected chi connectivity index (χ4v) is 2.87. The average Bonchev–Trinajstić information content (AvgIpc) is 2.46. The SMILES string of the molecule is Nc1c(Sc2cc(F)ccc2F)ccc2cnccc12. The Morgan fingerprint density at radius 2 is 1.85 bits per heavy atom. The van der Waals surface area contributed by atoms with E-state index in [0.29, 0.717) is 10.6 Å². The topological polar surface area (TPSA) is 38.9 Å². The molecule has 0 bridgehead atoms. The third kappa shape index (κ3) is 2.32. The van der Waals surface area contributed by atoms with Crippen LogP contribution in [0, 0.1) is 11.6 Å². The molecule has 0 fully saturated rings. The zero-order valence-electron chi connectivity index (χ0n) is 10.3. The molecule has 0 spiro atoms. The van der Waals surface area contributed by atoms with Crippen LogP contribution >= 0.6 is 11.8 Å². The molecule has 20 heavy (non-hydrogen) atoms. The molecule has 1 aromatic heterocycles. The van der Waals surface area contributed by atoms with E-state index in [-0.39, 0.29) is 4.90 Å². The van der Waals surface area contributed by atoms with Gasteiger partial charge in [0.25, 0.3) is 0 Å². The predicted octanol–water partition coefficient (Wildman–Crippen LogP) is 4.25. The van der Waals surface area contributed by atoms with Gasteiger partial charge in [0.1, 0.15) is 11.6 Å². The second-order valence-electron chi connectivity index (χ2n) is 4.25. The van der Waals surface area contributed by atoms with Gasteiger partial charge in [-0.05, 0) is 30.3 Å². The third-order valence-electron chi connectivity index (χ3n) is 2.93. The summed E-state index contributed by atoms with van der Waals surface area (Å²) in [5.41, 5.74) is 6.63. The molecule has 1 heterocycles. The van der Waals surface area contributed by atoms with Gasteiger partial charge in [0.2, 0.25) is 0 Å². The smallest absolute Gasteiger partial charge is 0.137 e. The van der Waals surface area contributed by atoms with Gasteiger partial charge in [-0.2, -0.15) is 0 Å². The van der Waals surface area contributed by atoms with E-state index in [4.69, 9.17) is 5.73 Å². The van der Waals surface area contributed by atoms with Crippen LogP contribution < -0.4 is 5.73 Å². The lowest BCUT2D eigenvalue weighted by molar-refractivity contribution is 0.577. The number of nitrogens with zero attached hydrogens (tertiary/aromatic N) is 1. The number of fused-ring (bicyclic) bond motifs is 1. The molecule has 0 unspecified atom stereocenters. The van der Waals surface area contributed by atoms with Crippen molar-refractivity contribution in [1.29, 1.82) is 0 Å². The Hall–Kier alpha value is -2.14. The van der Waals surface area contributed by atoms with Gasteiger partial charge in [-0.1, -0.05) is 17.8 Å². The van der Waals surface area contributed by atoms with Crippen LogP contribution in [-0.4, -0.2) is 4.98 Å². The monoisotopic (exact) mass is 288 g/mol. The highest BCUT2D eigenvalue weighted by atomic mass is 32.2. The standard InChI is InChI=1S/C15H10F2N2S/c16-10-2-3-12(17)14(7-10)20-13-4-1-9-8-19-6-5-11(9)15(13)18/h1-8H,18H2. The van der Waals surface area contributed by atoms with E-state index in [0.717, 1.165) is 40.7 Å². The van der Waals surface area contributed by atoms with Gasteiger partial charge in [0, 0.05) is 28.1 Å². The molecule has 0 amide bonds. The molecular weight excluding hydrogens is 278 g/mol. The molecule has 3 rings (SSSR count). The quantitative estimate of drug-likeness (QED) is 0.717. The number of nitrogen functional groups attached to an aromatic ring is 1. The van der Waals surface area contributed by atoms with Crippen LogP contribution in [0.5, 0.6) is 0 Å². The maximum atomic E-state index is 13.7. The lowest BCUT2D eigenvalue weighted by Gasteiger charge is -2.09. The van der Waals surface area contributed by atoms with E-state index in [1.54, 1.807) is 24.5 Å². The van der Waals surface area contributed by atoms with Crippen LogP contribution in [0.3, 0.4) is 0 Å². The van der Waals surface area contributed by atoms with Crippen LogP contribution in [0.1, 0.15) is 0 Å². The number of anilines is 1. The highest BCUT2D eigenvalue weighted by Gasteiger charge is 2.10. The zero-order valence-corrected chi connectivity index (χ0v) is 11.1. The Labute approximate surface area is 118 Å². The largest absolute Gasteiger partial charge is 0.397 e. The summed E-state index contributed by atoms with van der Waals surface area (Å²) < 4.78 is 26.8. The number of rotatable bonds is 2. The van der Waals surface area contributed by atoms with Crippen LogP contribution in [0.2, 0.25) is 0 Å². The highest BCUT2D eigenvalue weighted by Crippen LogP contribution is 2.37. The van der Waals surface area contributed by atoms with Gasteiger partial charge < -0.3 is 5.73 Å². The van der Waals surface area contributed by atoms with Crippen molar-refractivity contribution >= 4 is 28.2 Å². The minimum atomic E-state index is -0.475. The minimum Gasteiger partial charge on any atom is -0.397 e. The summed E-state index contributed by atoms with van der Waals surface area (Å²) in [5, 5.41) is 1.76. The van der Waals surface area contributed by atoms with Gasteiger partial charge in [-0.25, -0.2) is 8.78 Å². The molecule has 0 radical (unpaired) electrons. The van der Waals surface area contributed by atoms with Crippen LogP contribution in [0.15, 0.2) is 58.6 Å².